The van der Waals surface area contributed by atoms with E-state index in [1.807, 2.05) is 18.2 Å². The predicted molar refractivity (Wildman–Crippen MR) is 135 cm³/mol. The van der Waals surface area contributed by atoms with Crippen LogP contribution in [0.1, 0.15) is 50.7 Å². The second-order valence-corrected chi connectivity index (χ2v) is 9.46. The van der Waals surface area contributed by atoms with E-state index in [1.165, 1.54) is 16.7 Å². The molecule has 0 aliphatic heterocycles. The SMILES string of the molecule is CC(C)c1ccccc1-c1ccc(OCC(CO)(CO)CO)c(-c2ccccc2C(C)C)c1. The van der Waals surface area contributed by atoms with Gasteiger partial charge in [-0.25, -0.2) is 0 Å². The van der Waals surface area contributed by atoms with Crippen LogP contribution >= 0.6 is 0 Å². The van der Waals surface area contributed by atoms with Gasteiger partial charge < -0.3 is 20.1 Å². The summed E-state index contributed by atoms with van der Waals surface area (Å²) in [6.07, 6.45) is 0. The highest BCUT2D eigenvalue weighted by Crippen LogP contribution is 2.40. The smallest absolute Gasteiger partial charge is 0.127 e. The zero-order valence-electron chi connectivity index (χ0n) is 20.1. The van der Waals surface area contributed by atoms with Crippen molar-refractivity contribution >= 4 is 0 Å². The molecule has 0 heterocycles. The average molecular weight is 449 g/mol. The predicted octanol–water partition coefficient (Wildman–Crippen LogP) is 5.61. The number of benzene rings is 3. The number of hydrogen-bond acceptors (Lipinski definition) is 4. The van der Waals surface area contributed by atoms with E-state index in [2.05, 4.69) is 76.2 Å². The number of aliphatic hydroxyl groups is 3. The monoisotopic (exact) mass is 448 g/mol. The van der Waals surface area contributed by atoms with E-state index in [-0.39, 0.29) is 26.4 Å². The highest BCUT2D eigenvalue weighted by Gasteiger charge is 2.30. The molecular formula is C29H36O4. The molecule has 3 aromatic carbocycles. The number of hydrogen-bond donors (Lipinski definition) is 3. The first-order valence-electron chi connectivity index (χ1n) is 11.6. The summed E-state index contributed by atoms with van der Waals surface area (Å²) in [5.74, 6) is 1.38. The molecule has 0 spiro atoms. The Morgan fingerprint density at radius 1 is 0.667 bits per heavy atom. The Labute approximate surface area is 197 Å². The van der Waals surface area contributed by atoms with E-state index >= 15 is 0 Å². The summed E-state index contributed by atoms with van der Waals surface area (Å²) in [5, 5.41) is 29.2. The first-order chi connectivity index (χ1) is 15.9. The molecule has 0 saturated carbocycles. The average Bonchev–Trinajstić information content (AvgIpc) is 2.85. The molecule has 33 heavy (non-hydrogen) atoms. The summed E-state index contributed by atoms with van der Waals surface area (Å²) in [6, 6.07) is 22.9. The van der Waals surface area contributed by atoms with Gasteiger partial charge in [0.05, 0.1) is 25.2 Å². The van der Waals surface area contributed by atoms with Crippen LogP contribution in [-0.2, 0) is 0 Å². The highest BCUT2D eigenvalue weighted by atomic mass is 16.5. The van der Waals surface area contributed by atoms with Gasteiger partial charge in [0.1, 0.15) is 12.4 Å². The molecule has 3 rings (SSSR count). The van der Waals surface area contributed by atoms with Gasteiger partial charge in [-0.3, -0.25) is 0 Å². The topological polar surface area (TPSA) is 69.9 Å². The van der Waals surface area contributed by atoms with E-state index in [0.29, 0.717) is 17.6 Å². The van der Waals surface area contributed by atoms with Crippen molar-refractivity contribution in [1.82, 2.24) is 0 Å². The first-order valence-corrected chi connectivity index (χ1v) is 11.6. The van der Waals surface area contributed by atoms with Crippen molar-refractivity contribution in [2.45, 2.75) is 39.5 Å². The molecule has 0 bridgehead atoms. The van der Waals surface area contributed by atoms with Crippen LogP contribution in [0.4, 0.5) is 0 Å². The maximum Gasteiger partial charge on any atom is 0.127 e. The van der Waals surface area contributed by atoms with Crippen molar-refractivity contribution in [3.63, 3.8) is 0 Å². The van der Waals surface area contributed by atoms with Crippen molar-refractivity contribution in [3.8, 4) is 28.0 Å². The van der Waals surface area contributed by atoms with Crippen LogP contribution in [0, 0.1) is 5.41 Å². The Kier molecular flexibility index (Phi) is 8.30. The zero-order chi connectivity index (χ0) is 24.0. The van der Waals surface area contributed by atoms with Crippen LogP contribution in [0.15, 0.2) is 66.7 Å². The van der Waals surface area contributed by atoms with Gasteiger partial charge in [0.15, 0.2) is 0 Å². The van der Waals surface area contributed by atoms with Crippen molar-refractivity contribution in [1.29, 1.82) is 0 Å². The van der Waals surface area contributed by atoms with Crippen LogP contribution in [0.25, 0.3) is 22.3 Å². The Bertz CT molecular complexity index is 1040. The molecule has 0 aliphatic rings. The van der Waals surface area contributed by atoms with Crippen LogP contribution in [0.3, 0.4) is 0 Å². The van der Waals surface area contributed by atoms with Gasteiger partial charge in [0.2, 0.25) is 0 Å². The second kappa shape index (κ2) is 11.0. The molecular weight excluding hydrogens is 412 g/mol. The summed E-state index contributed by atoms with van der Waals surface area (Å²) in [7, 11) is 0. The van der Waals surface area contributed by atoms with E-state index in [0.717, 1.165) is 16.7 Å². The first kappa shape index (κ1) is 25.0. The Hall–Kier alpha value is -2.66. The Morgan fingerprint density at radius 2 is 1.18 bits per heavy atom. The summed E-state index contributed by atoms with van der Waals surface area (Å²) in [6.45, 7) is 7.66. The Balaban J connectivity index is 2.16. The third kappa shape index (κ3) is 5.47. The van der Waals surface area contributed by atoms with Crippen LogP contribution in [0.5, 0.6) is 5.75 Å². The Morgan fingerprint density at radius 3 is 1.73 bits per heavy atom. The van der Waals surface area contributed by atoms with E-state index in [1.54, 1.807) is 0 Å². The zero-order valence-corrected chi connectivity index (χ0v) is 20.1. The highest BCUT2D eigenvalue weighted by molar-refractivity contribution is 5.80. The largest absolute Gasteiger partial charge is 0.492 e. The number of ether oxygens (including phenoxy) is 1. The summed E-state index contributed by atoms with van der Waals surface area (Å²) in [4.78, 5) is 0. The lowest BCUT2D eigenvalue weighted by atomic mass is 9.88. The molecule has 0 aromatic heterocycles. The molecule has 3 N–H and O–H groups in total. The van der Waals surface area contributed by atoms with E-state index in [9.17, 15) is 15.3 Å². The molecule has 0 aliphatic carbocycles. The molecule has 4 heteroatoms. The third-order valence-electron chi connectivity index (χ3n) is 6.29. The molecule has 176 valence electrons. The molecule has 0 atom stereocenters. The maximum atomic E-state index is 9.73. The van der Waals surface area contributed by atoms with Gasteiger partial charge in [-0.05, 0) is 51.8 Å². The van der Waals surface area contributed by atoms with Gasteiger partial charge in [0, 0.05) is 5.56 Å². The molecule has 0 saturated heterocycles. The minimum absolute atomic E-state index is 0.00920. The molecule has 0 radical (unpaired) electrons. The minimum Gasteiger partial charge on any atom is -0.492 e. The lowest BCUT2D eigenvalue weighted by Crippen LogP contribution is -2.39. The fourth-order valence-corrected chi connectivity index (χ4v) is 4.06. The fraction of sp³-hybridized carbons (Fsp3) is 0.379. The molecule has 0 amide bonds. The van der Waals surface area contributed by atoms with Gasteiger partial charge in [-0.15, -0.1) is 0 Å². The molecule has 4 nitrogen and oxygen atoms in total. The molecule has 3 aromatic rings. The lowest BCUT2D eigenvalue weighted by molar-refractivity contribution is -0.0257. The fourth-order valence-electron chi connectivity index (χ4n) is 4.06. The van der Waals surface area contributed by atoms with E-state index in [4.69, 9.17) is 4.74 Å². The van der Waals surface area contributed by atoms with Gasteiger partial charge in [-0.1, -0.05) is 82.3 Å². The quantitative estimate of drug-likeness (QED) is 0.377. The molecule has 0 fully saturated rings. The lowest BCUT2D eigenvalue weighted by Gasteiger charge is -2.28. The second-order valence-electron chi connectivity index (χ2n) is 9.46. The summed E-state index contributed by atoms with van der Waals surface area (Å²) >= 11 is 0. The van der Waals surface area contributed by atoms with E-state index < -0.39 is 5.41 Å². The van der Waals surface area contributed by atoms with Crippen molar-refractivity contribution in [2.75, 3.05) is 26.4 Å². The van der Waals surface area contributed by atoms with Crippen LogP contribution in [-0.4, -0.2) is 41.7 Å². The number of rotatable bonds is 10. The van der Waals surface area contributed by atoms with Crippen molar-refractivity contribution < 1.29 is 20.1 Å². The summed E-state index contributed by atoms with van der Waals surface area (Å²) < 4.78 is 6.15. The maximum absolute atomic E-state index is 9.73. The van der Waals surface area contributed by atoms with Gasteiger partial charge in [-0.2, -0.15) is 0 Å². The standard InChI is InChI=1S/C29H36O4/c1-20(2)23-9-5-7-11-25(23)22-13-14-28(33-19-29(16-30,17-31)18-32)27(15-22)26-12-8-6-10-24(26)21(3)4/h5-15,20-21,30-32H,16-19H2,1-4H3. The van der Waals surface area contributed by atoms with Crippen molar-refractivity contribution in [3.05, 3.63) is 77.9 Å². The van der Waals surface area contributed by atoms with Crippen molar-refractivity contribution in [2.24, 2.45) is 5.41 Å². The minimum atomic E-state index is -1.10. The van der Waals surface area contributed by atoms with Gasteiger partial charge in [0.25, 0.3) is 0 Å². The number of aliphatic hydroxyl groups excluding tert-OH is 3. The summed E-state index contributed by atoms with van der Waals surface area (Å²) in [5.41, 5.74) is 5.75. The third-order valence-corrected chi connectivity index (χ3v) is 6.29. The van der Waals surface area contributed by atoms with Crippen LogP contribution in [0.2, 0.25) is 0 Å². The normalized spacial score (nSPS) is 11.9. The molecule has 0 unspecified atom stereocenters. The van der Waals surface area contributed by atoms with Crippen LogP contribution < -0.4 is 4.74 Å². The van der Waals surface area contributed by atoms with Gasteiger partial charge >= 0.3 is 0 Å².